The Morgan fingerprint density at radius 1 is 1.39 bits per heavy atom. The molecule has 0 radical (unpaired) electrons. The van der Waals surface area contributed by atoms with E-state index < -0.39 is 5.97 Å². The van der Waals surface area contributed by atoms with Crippen LogP contribution >= 0.6 is 0 Å². The second-order valence-electron chi connectivity index (χ2n) is 3.91. The van der Waals surface area contributed by atoms with E-state index in [-0.39, 0.29) is 11.9 Å². The van der Waals surface area contributed by atoms with Crippen LogP contribution in [0.1, 0.15) is 29.0 Å². The molecule has 2 aromatic rings. The highest BCUT2D eigenvalue weighted by molar-refractivity contribution is 5.87. The van der Waals surface area contributed by atoms with Gasteiger partial charge in [-0.3, -0.25) is 0 Å². The SMILES string of the molecule is COC(=O)c1cncn1[C@H](C)c1ccc([18F])cc1. The molecule has 0 N–H and O–H groups in total. The first kappa shape index (κ1) is 12.3. The van der Waals surface area contributed by atoms with Gasteiger partial charge in [0.15, 0.2) is 0 Å². The number of nitrogens with zero attached hydrogens (tertiary/aromatic N) is 2. The van der Waals surface area contributed by atoms with Gasteiger partial charge in [-0.1, -0.05) is 12.1 Å². The van der Waals surface area contributed by atoms with Gasteiger partial charge in [-0.05, 0) is 24.6 Å². The number of halogens is 1. The van der Waals surface area contributed by atoms with Gasteiger partial charge in [0.2, 0.25) is 0 Å². The van der Waals surface area contributed by atoms with Gasteiger partial charge < -0.3 is 9.30 Å². The zero-order valence-corrected chi connectivity index (χ0v) is 10.1. The van der Waals surface area contributed by atoms with E-state index in [1.165, 1.54) is 25.4 Å². The quantitative estimate of drug-likeness (QED) is 0.782. The lowest BCUT2D eigenvalue weighted by atomic mass is 10.1. The summed E-state index contributed by atoms with van der Waals surface area (Å²) in [6.07, 6.45) is 3.01. The molecular formula is C13H13FN2O2. The van der Waals surface area contributed by atoms with E-state index in [4.69, 9.17) is 0 Å². The number of hydrogen-bond acceptors (Lipinski definition) is 3. The van der Waals surface area contributed by atoms with Crippen molar-refractivity contribution in [3.63, 3.8) is 0 Å². The molecule has 1 atom stereocenters. The predicted molar refractivity (Wildman–Crippen MR) is 63.8 cm³/mol. The molecule has 4 nitrogen and oxygen atoms in total. The maximum atomic E-state index is 12.9. The fourth-order valence-corrected chi connectivity index (χ4v) is 1.78. The smallest absolute Gasteiger partial charge is 0.356 e. The van der Waals surface area contributed by atoms with Crippen molar-refractivity contribution in [1.29, 1.82) is 0 Å². The lowest BCUT2D eigenvalue weighted by molar-refractivity contribution is 0.0587. The Morgan fingerprint density at radius 3 is 2.67 bits per heavy atom. The Balaban J connectivity index is 2.34. The Morgan fingerprint density at radius 2 is 2.06 bits per heavy atom. The molecule has 0 unspecified atom stereocenters. The van der Waals surface area contributed by atoms with Crippen LogP contribution in [0, 0.1) is 5.82 Å². The first-order valence-corrected chi connectivity index (χ1v) is 5.49. The Bertz CT molecular complexity index is 548. The van der Waals surface area contributed by atoms with Crippen molar-refractivity contribution in [3.8, 4) is 0 Å². The van der Waals surface area contributed by atoms with E-state index in [1.807, 2.05) is 6.92 Å². The maximum absolute atomic E-state index is 12.9. The molecule has 1 heterocycles. The maximum Gasteiger partial charge on any atom is 0.356 e. The number of rotatable bonds is 3. The highest BCUT2D eigenvalue weighted by Crippen LogP contribution is 2.20. The van der Waals surface area contributed by atoms with E-state index in [9.17, 15) is 9.18 Å². The minimum atomic E-state index is -0.443. The molecule has 0 aliphatic rings. The van der Waals surface area contributed by atoms with Crippen LogP contribution in [0.4, 0.5) is 4.39 Å². The van der Waals surface area contributed by atoms with Crippen LogP contribution in [0.3, 0.4) is 0 Å². The molecule has 1 aromatic heterocycles. The fourth-order valence-electron chi connectivity index (χ4n) is 1.78. The van der Waals surface area contributed by atoms with Crippen molar-refractivity contribution >= 4 is 5.97 Å². The number of aromatic nitrogens is 2. The first-order chi connectivity index (χ1) is 8.63. The molecule has 0 aliphatic heterocycles. The molecule has 18 heavy (non-hydrogen) atoms. The number of carbonyl (C=O) groups excluding carboxylic acids is 1. The third-order valence-electron chi connectivity index (χ3n) is 2.83. The predicted octanol–water partition coefficient (Wildman–Crippen LogP) is 2.42. The second-order valence-corrected chi connectivity index (χ2v) is 3.91. The van der Waals surface area contributed by atoms with E-state index in [0.29, 0.717) is 5.69 Å². The third kappa shape index (κ3) is 2.25. The molecule has 0 aliphatic carbocycles. The van der Waals surface area contributed by atoms with Crippen molar-refractivity contribution in [3.05, 3.63) is 53.9 Å². The Kier molecular flexibility index (Phi) is 3.41. The van der Waals surface area contributed by atoms with Crippen LogP contribution < -0.4 is 0 Å². The summed E-state index contributed by atoms with van der Waals surface area (Å²) < 4.78 is 19.2. The van der Waals surface area contributed by atoms with Gasteiger partial charge in [0, 0.05) is 0 Å². The van der Waals surface area contributed by atoms with Crippen LogP contribution in [0.5, 0.6) is 0 Å². The van der Waals surface area contributed by atoms with Crippen LogP contribution in [-0.2, 0) is 4.74 Å². The molecule has 0 saturated carbocycles. The van der Waals surface area contributed by atoms with Gasteiger partial charge in [0.1, 0.15) is 11.5 Å². The van der Waals surface area contributed by atoms with Crippen molar-refractivity contribution in [2.24, 2.45) is 0 Å². The number of carbonyl (C=O) groups is 1. The summed E-state index contributed by atoms with van der Waals surface area (Å²) in [6, 6.07) is 6.02. The normalized spacial score (nSPS) is 12.2. The van der Waals surface area contributed by atoms with E-state index in [0.717, 1.165) is 5.56 Å². The van der Waals surface area contributed by atoms with Crippen LogP contribution in [0.15, 0.2) is 36.8 Å². The molecule has 2 rings (SSSR count). The number of hydrogen-bond donors (Lipinski definition) is 0. The molecule has 1 aromatic carbocycles. The van der Waals surface area contributed by atoms with Crippen molar-refractivity contribution in [1.82, 2.24) is 9.55 Å². The zero-order valence-electron chi connectivity index (χ0n) is 10.1. The standard InChI is InChI=1S/C13H13FN2O2/c1-9(10-3-5-11(14)6-4-10)16-8-15-7-12(16)13(17)18-2/h3-9H,1-2H3/t9-/m1/s1/i14-1. The fraction of sp³-hybridized carbons (Fsp3) is 0.231. The van der Waals surface area contributed by atoms with Gasteiger partial charge in [-0.25, -0.2) is 14.2 Å². The number of methoxy groups -OCH3 is 1. The first-order valence-electron chi connectivity index (χ1n) is 5.49. The van der Waals surface area contributed by atoms with Gasteiger partial charge >= 0.3 is 5.97 Å². The topological polar surface area (TPSA) is 44.1 Å². The largest absolute Gasteiger partial charge is 0.464 e. The molecule has 94 valence electrons. The molecule has 0 saturated heterocycles. The van der Waals surface area contributed by atoms with Gasteiger partial charge in [-0.15, -0.1) is 0 Å². The zero-order chi connectivity index (χ0) is 13.1. The highest BCUT2D eigenvalue weighted by Gasteiger charge is 2.17. The van der Waals surface area contributed by atoms with E-state index in [1.54, 1.807) is 23.0 Å². The molecule has 0 fully saturated rings. The lowest BCUT2D eigenvalue weighted by Crippen LogP contribution is -2.14. The third-order valence-corrected chi connectivity index (χ3v) is 2.83. The number of ether oxygens (including phenoxy) is 1. The number of imidazole rings is 1. The van der Waals surface area contributed by atoms with Gasteiger partial charge in [-0.2, -0.15) is 0 Å². The molecule has 5 heteroatoms. The highest BCUT2D eigenvalue weighted by atomic mass is 18.2. The summed E-state index contributed by atoms with van der Waals surface area (Å²) in [6.45, 7) is 1.90. The van der Waals surface area contributed by atoms with Crippen molar-refractivity contribution < 1.29 is 13.9 Å². The summed E-state index contributed by atoms with van der Waals surface area (Å²) in [5, 5.41) is 0. The Hall–Kier alpha value is -2.17. The lowest BCUT2D eigenvalue weighted by Gasteiger charge is -2.15. The average Bonchev–Trinajstić information content (AvgIpc) is 2.87. The minimum Gasteiger partial charge on any atom is -0.464 e. The molecule has 0 amide bonds. The van der Waals surface area contributed by atoms with Crippen molar-refractivity contribution in [2.75, 3.05) is 7.11 Å². The van der Waals surface area contributed by atoms with Crippen molar-refractivity contribution in [2.45, 2.75) is 13.0 Å². The van der Waals surface area contributed by atoms with Gasteiger partial charge in [0.05, 0.1) is 25.7 Å². The Labute approximate surface area is 104 Å². The molecule has 0 spiro atoms. The second kappa shape index (κ2) is 5.00. The summed E-state index contributed by atoms with van der Waals surface area (Å²) in [4.78, 5) is 15.5. The van der Waals surface area contributed by atoms with Crippen LogP contribution in [0.25, 0.3) is 0 Å². The summed E-state index contributed by atoms with van der Waals surface area (Å²) in [7, 11) is 1.32. The van der Waals surface area contributed by atoms with E-state index in [2.05, 4.69) is 9.72 Å². The van der Waals surface area contributed by atoms with Crippen LogP contribution in [-0.4, -0.2) is 22.6 Å². The molecule has 0 bridgehead atoms. The summed E-state index contributed by atoms with van der Waals surface area (Å²) in [5.41, 5.74) is 1.26. The van der Waals surface area contributed by atoms with Crippen LogP contribution in [0.2, 0.25) is 0 Å². The summed E-state index contributed by atoms with van der Waals surface area (Å²) in [5.74, 6) is -0.730. The van der Waals surface area contributed by atoms with Gasteiger partial charge in [0.25, 0.3) is 0 Å². The minimum absolute atomic E-state index is 0.123. The number of benzene rings is 1. The monoisotopic (exact) mass is 247 g/mol. The summed E-state index contributed by atoms with van der Waals surface area (Å²) >= 11 is 0. The molecular weight excluding hydrogens is 234 g/mol. The van der Waals surface area contributed by atoms with E-state index >= 15 is 0 Å². The number of esters is 1. The average molecular weight is 247 g/mol.